The molecule has 4 rings (SSSR count). The topological polar surface area (TPSA) is 61.4 Å². The van der Waals surface area contributed by atoms with Crippen LogP contribution in [0.3, 0.4) is 0 Å². The fraction of sp³-hybridized carbons (Fsp3) is 0.542. The number of amides is 2. The van der Waals surface area contributed by atoms with Gasteiger partial charge in [0.15, 0.2) is 5.11 Å². The van der Waals surface area contributed by atoms with Gasteiger partial charge in [0.2, 0.25) is 5.91 Å². The van der Waals surface area contributed by atoms with Gasteiger partial charge >= 0.3 is 0 Å². The van der Waals surface area contributed by atoms with E-state index in [1.807, 2.05) is 24.3 Å². The summed E-state index contributed by atoms with van der Waals surface area (Å²) in [4.78, 5) is 27.6. The fourth-order valence-corrected chi connectivity index (χ4v) is 5.74. The summed E-state index contributed by atoms with van der Waals surface area (Å²) in [6.07, 6.45) is 11.0. The Morgan fingerprint density at radius 1 is 1.23 bits per heavy atom. The van der Waals surface area contributed by atoms with Crippen molar-refractivity contribution in [2.24, 2.45) is 5.92 Å². The van der Waals surface area contributed by atoms with Gasteiger partial charge in [-0.25, -0.2) is 0 Å². The number of benzene rings is 1. The number of fused-ring (bicyclic) bond motifs is 1. The van der Waals surface area contributed by atoms with Crippen LogP contribution >= 0.6 is 28.1 Å². The minimum absolute atomic E-state index is 0.0332. The number of allylic oxidation sites excluding steroid dienone is 1. The van der Waals surface area contributed by atoms with Crippen molar-refractivity contribution in [2.45, 2.75) is 68.8 Å². The fourth-order valence-electron chi connectivity index (χ4n) is 4.77. The summed E-state index contributed by atoms with van der Waals surface area (Å²) in [7, 11) is 0. The lowest BCUT2D eigenvalue weighted by atomic mass is 9.82. The molecule has 1 aliphatic heterocycles. The maximum Gasteiger partial charge on any atom is 0.251 e. The number of rotatable bonds is 6. The van der Waals surface area contributed by atoms with Crippen LogP contribution in [0.4, 0.5) is 0 Å². The van der Waals surface area contributed by atoms with Gasteiger partial charge in [0.1, 0.15) is 0 Å². The number of carbonyl (C=O) groups is 2. The predicted octanol–water partition coefficient (Wildman–Crippen LogP) is 4.46. The second kappa shape index (κ2) is 10.3. The molecule has 0 radical (unpaired) electrons. The molecule has 1 heterocycles. The second-order valence-electron chi connectivity index (χ2n) is 8.81. The molecular formula is C24H30BrN3O2S. The van der Waals surface area contributed by atoms with E-state index in [0.717, 1.165) is 37.7 Å². The number of hydrogen-bond donors (Lipinski definition) is 2. The smallest absolute Gasteiger partial charge is 0.251 e. The molecule has 0 aromatic heterocycles. The molecule has 0 bridgehead atoms. The lowest BCUT2D eigenvalue weighted by molar-refractivity contribution is -0.135. The van der Waals surface area contributed by atoms with E-state index >= 15 is 0 Å². The van der Waals surface area contributed by atoms with E-state index in [4.69, 9.17) is 12.2 Å². The van der Waals surface area contributed by atoms with Crippen molar-refractivity contribution in [3.05, 3.63) is 47.0 Å². The zero-order valence-corrected chi connectivity index (χ0v) is 20.1. The average Bonchev–Trinajstić information content (AvgIpc) is 2.78. The highest BCUT2D eigenvalue weighted by Gasteiger charge is 2.42. The van der Waals surface area contributed by atoms with Gasteiger partial charge in [0.05, 0.1) is 12.5 Å². The number of nitrogens with one attached hydrogen (secondary N) is 2. The molecule has 3 unspecified atom stereocenters. The van der Waals surface area contributed by atoms with Crippen LogP contribution in [0, 0.1) is 5.92 Å². The molecule has 3 aliphatic rings. The Hall–Kier alpha value is -1.73. The van der Waals surface area contributed by atoms with Crippen molar-refractivity contribution in [1.29, 1.82) is 0 Å². The first-order chi connectivity index (χ1) is 15.0. The minimum atomic E-state index is -0.0531. The number of alkyl halides is 1. The molecule has 2 aliphatic carbocycles. The van der Waals surface area contributed by atoms with Crippen molar-refractivity contribution < 1.29 is 9.59 Å². The van der Waals surface area contributed by atoms with Gasteiger partial charge in [0, 0.05) is 23.0 Å². The number of nitrogens with zero attached hydrogens (tertiary/aromatic N) is 1. The molecule has 31 heavy (non-hydrogen) atoms. The molecule has 166 valence electrons. The highest BCUT2D eigenvalue weighted by atomic mass is 79.9. The van der Waals surface area contributed by atoms with E-state index < -0.39 is 0 Å². The normalized spacial score (nSPS) is 26.0. The van der Waals surface area contributed by atoms with Gasteiger partial charge in [-0.1, -0.05) is 39.7 Å². The van der Waals surface area contributed by atoms with Crippen LogP contribution in [0.15, 0.2) is 35.9 Å². The van der Waals surface area contributed by atoms with Crippen LogP contribution < -0.4 is 10.6 Å². The van der Waals surface area contributed by atoms with Crippen molar-refractivity contribution in [3.8, 4) is 0 Å². The Morgan fingerprint density at radius 3 is 2.77 bits per heavy atom. The molecule has 0 spiro atoms. The van der Waals surface area contributed by atoms with Crippen molar-refractivity contribution in [2.75, 3.05) is 6.54 Å². The van der Waals surface area contributed by atoms with Crippen LogP contribution in [-0.4, -0.2) is 39.2 Å². The molecule has 3 atom stereocenters. The number of hydrogen-bond acceptors (Lipinski definition) is 3. The number of halogens is 1. The maximum atomic E-state index is 13.1. The summed E-state index contributed by atoms with van der Waals surface area (Å²) >= 11 is 9.15. The zero-order valence-electron chi connectivity index (χ0n) is 17.7. The van der Waals surface area contributed by atoms with Gasteiger partial charge in [-0.05, 0) is 81.3 Å². The zero-order chi connectivity index (χ0) is 21.8. The molecule has 1 aromatic carbocycles. The average molecular weight is 504 g/mol. The van der Waals surface area contributed by atoms with E-state index in [1.54, 1.807) is 4.90 Å². The molecule has 2 fully saturated rings. The van der Waals surface area contributed by atoms with Gasteiger partial charge in [-0.2, -0.15) is 0 Å². The van der Waals surface area contributed by atoms with Crippen molar-refractivity contribution in [1.82, 2.24) is 15.5 Å². The Balaban J connectivity index is 1.31. The molecule has 2 N–H and O–H groups in total. The Bertz CT molecular complexity index is 870. The van der Waals surface area contributed by atoms with Crippen LogP contribution in [0.1, 0.15) is 67.3 Å². The van der Waals surface area contributed by atoms with Crippen molar-refractivity contribution >= 4 is 45.1 Å². The van der Waals surface area contributed by atoms with Crippen LogP contribution in [0.2, 0.25) is 0 Å². The molecule has 2 amide bonds. The first kappa shape index (κ1) is 22.5. The largest absolute Gasteiger partial charge is 0.359 e. The molecule has 1 saturated carbocycles. The quantitative estimate of drug-likeness (QED) is 0.341. The van der Waals surface area contributed by atoms with E-state index in [2.05, 4.69) is 32.6 Å². The summed E-state index contributed by atoms with van der Waals surface area (Å²) in [6, 6.07) is 7.63. The van der Waals surface area contributed by atoms with E-state index in [1.165, 1.54) is 24.8 Å². The summed E-state index contributed by atoms with van der Waals surface area (Å²) < 4.78 is 0. The second-order valence-corrected chi connectivity index (χ2v) is 10.5. The number of thiocarbonyl (C=S) groups is 1. The van der Waals surface area contributed by atoms with Gasteiger partial charge < -0.3 is 10.6 Å². The minimum Gasteiger partial charge on any atom is -0.359 e. The lowest BCUT2D eigenvalue weighted by Crippen LogP contribution is -2.61. The van der Waals surface area contributed by atoms with Gasteiger partial charge in [-0.3, -0.25) is 14.5 Å². The van der Waals surface area contributed by atoms with Crippen LogP contribution in [0.25, 0.3) is 0 Å². The highest BCUT2D eigenvalue weighted by molar-refractivity contribution is 9.09. The first-order valence-corrected chi connectivity index (χ1v) is 12.6. The van der Waals surface area contributed by atoms with Gasteiger partial charge in [0.25, 0.3) is 5.91 Å². The summed E-state index contributed by atoms with van der Waals surface area (Å²) in [5, 5.41) is 6.90. The summed E-state index contributed by atoms with van der Waals surface area (Å²) in [6.45, 7) is 1.10. The third-order valence-corrected chi connectivity index (χ3v) is 7.77. The standard InChI is InChI=1S/C24H30BrN3O2S/c25-19-10-11-21-20(14-19)23(30)28(24(31)27-21)15-17-6-8-18(9-7-17)22(29)26-13-12-16-4-2-1-3-5-16/h4,6-9,19-21H,1-3,5,10-15H2,(H,26,29)(H,27,31). The van der Waals surface area contributed by atoms with E-state index in [-0.39, 0.29) is 23.8 Å². The summed E-state index contributed by atoms with van der Waals surface area (Å²) in [5.74, 6) is 0.0218. The SMILES string of the molecule is O=C(NCCC1=CCCCC1)c1ccc(CN2C(=O)C3CC(Br)CCC3NC2=S)cc1. The van der Waals surface area contributed by atoms with Gasteiger partial charge in [-0.15, -0.1) is 0 Å². The van der Waals surface area contributed by atoms with E-state index in [0.29, 0.717) is 28.6 Å². The maximum absolute atomic E-state index is 13.1. The Labute approximate surface area is 198 Å². The third-order valence-electron chi connectivity index (χ3n) is 6.60. The van der Waals surface area contributed by atoms with Crippen LogP contribution in [-0.2, 0) is 11.3 Å². The predicted molar refractivity (Wildman–Crippen MR) is 130 cm³/mol. The molecular weight excluding hydrogens is 474 g/mol. The van der Waals surface area contributed by atoms with E-state index in [9.17, 15) is 9.59 Å². The highest BCUT2D eigenvalue weighted by Crippen LogP contribution is 2.33. The monoisotopic (exact) mass is 503 g/mol. The Morgan fingerprint density at radius 2 is 2.03 bits per heavy atom. The van der Waals surface area contributed by atoms with Crippen molar-refractivity contribution in [3.63, 3.8) is 0 Å². The lowest BCUT2D eigenvalue weighted by Gasteiger charge is -2.43. The number of carbonyl (C=O) groups excluding carboxylic acids is 2. The molecule has 5 nitrogen and oxygen atoms in total. The Kier molecular flexibility index (Phi) is 7.43. The molecule has 1 aromatic rings. The van der Waals surface area contributed by atoms with Crippen LogP contribution in [0.5, 0.6) is 0 Å². The first-order valence-electron chi connectivity index (χ1n) is 11.3. The molecule has 7 heteroatoms. The summed E-state index contributed by atoms with van der Waals surface area (Å²) in [5.41, 5.74) is 3.07. The molecule has 1 saturated heterocycles. The third kappa shape index (κ3) is 5.55.